The summed E-state index contributed by atoms with van der Waals surface area (Å²) in [4.78, 5) is 14.4. The Bertz CT molecular complexity index is 986. The number of amides is 1. The van der Waals surface area contributed by atoms with Crippen LogP contribution < -0.4 is 9.47 Å². The van der Waals surface area contributed by atoms with E-state index >= 15 is 0 Å². The van der Waals surface area contributed by atoms with Crippen LogP contribution >= 0.6 is 11.6 Å². The number of halogens is 1. The Morgan fingerprint density at radius 3 is 2.21 bits per heavy atom. The molecule has 2 heterocycles. The molecule has 7 nitrogen and oxygen atoms in total. The minimum absolute atomic E-state index is 0.131. The van der Waals surface area contributed by atoms with Gasteiger partial charge in [-0.2, -0.15) is 4.31 Å². The highest BCUT2D eigenvalue weighted by molar-refractivity contribution is 7.89. The molecule has 4 rings (SSSR count). The lowest BCUT2D eigenvalue weighted by atomic mass is 10.2. The minimum Gasteiger partial charge on any atom is -0.486 e. The van der Waals surface area contributed by atoms with Crippen LogP contribution in [0.3, 0.4) is 0 Å². The summed E-state index contributed by atoms with van der Waals surface area (Å²) in [5.41, 5.74) is 0.535. The maximum Gasteiger partial charge on any atom is 0.253 e. The summed E-state index contributed by atoms with van der Waals surface area (Å²) < 4.78 is 38.3. The van der Waals surface area contributed by atoms with Gasteiger partial charge in [0.05, 0.1) is 4.90 Å². The van der Waals surface area contributed by atoms with E-state index in [-0.39, 0.29) is 23.9 Å². The first-order valence-corrected chi connectivity index (χ1v) is 10.7. The Morgan fingerprint density at radius 2 is 1.54 bits per heavy atom. The lowest BCUT2D eigenvalue weighted by molar-refractivity contribution is 0.0698. The van der Waals surface area contributed by atoms with Crippen LogP contribution in [0.25, 0.3) is 0 Å². The van der Waals surface area contributed by atoms with Crippen LogP contribution in [0.4, 0.5) is 0 Å². The molecule has 1 fully saturated rings. The van der Waals surface area contributed by atoms with Crippen LogP contribution in [0.2, 0.25) is 5.02 Å². The number of ether oxygens (including phenoxy) is 2. The number of hydrogen-bond acceptors (Lipinski definition) is 5. The van der Waals surface area contributed by atoms with E-state index in [4.69, 9.17) is 21.1 Å². The molecular formula is C19H19ClN2O5S. The number of sulfonamides is 1. The first-order valence-electron chi connectivity index (χ1n) is 8.90. The fraction of sp³-hybridized carbons (Fsp3) is 0.316. The molecule has 28 heavy (non-hydrogen) atoms. The number of rotatable bonds is 3. The predicted octanol–water partition coefficient (Wildman–Crippen LogP) is 2.26. The molecule has 2 aromatic carbocycles. The number of benzene rings is 2. The summed E-state index contributed by atoms with van der Waals surface area (Å²) in [5.74, 6) is 0.848. The van der Waals surface area contributed by atoms with Gasteiger partial charge in [0, 0.05) is 42.8 Å². The van der Waals surface area contributed by atoms with E-state index in [0.717, 1.165) is 0 Å². The van der Waals surface area contributed by atoms with Gasteiger partial charge >= 0.3 is 0 Å². The third-order valence-corrected chi connectivity index (χ3v) is 6.92. The van der Waals surface area contributed by atoms with E-state index in [0.29, 0.717) is 48.4 Å². The van der Waals surface area contributed by atoms with E-state index in [2.05, 4.69) is 0 Å². The van der Waals surface area contributed by atoms with E-state index in [1.165, 1.54) is 16.4 Å². The molecule has 2 aliphatic heterocycles. The number of hydrogen-bond donors (Lipinski definition) is 0. The van der Waals surface area contributed by atoms with Crippen molar-refractivity contribution in [2.45, 2.75) is 4.90 Å². The maximum absolute atomic E-state index is 13.0. The number of fused-ring (bicyclic) bond motifs is 1. The summed E-state index contributed by atoms with van der Waals surface area (Å²) in [6, 6.07) is 11.3. The monoisotopic (exact) mass is 422 g/mol. The first-order chi connectivity index (χ1) is 13.4. The SMILES string of the molecule is O=C(c1ccc(Cl)cc1)N1CCN(S(=O)(=O)c2ccc3c(c2)OCCO3)CC1. The highest BCUT2D eigenvalue weighted by atomic mass is 35.5. The average Bonchev–Trinajstić information content (AvgIpc) is 2.73. The van der Waals surface area contributed by atoms with Gasteiger partial charge in [0.15, 0.2) is 11.5 Å². The van der Waals surface area contributed by atoms with Crippen LogP contribution in [0.15, 0.2) is 47.4 Å². The Kier molecular flexibility index (Phi) is 5.18. The maximum atomic E-state index is 13.0. The average molecular weight is 423 g/mol. The van der Waals surface area contributed by atoms with E-state index in [1.807, 2.05) is 0 Å². The second kappa shape index (κ2) is 7.62. The van der Waals surface area contributed by atoms with Gasteiger partial charge in [0.25, 0.3) is 5.91 Å². The van der Waals surface area contributed by atoms with Gasteiger partial charge in [0.2, 0.25) is 10.0 Å². The van der Waals surface area contributed by atoms with Crippen molar-refractivity contribution in [1.82, 2.24) is 9.21 Å². The molecule has 9 heteroatoms. The molecule has 2 aliphatic rings. The van der Waals surface area contributed by atoms with Crippen LogP contribution in [-0.4, -0.2) is 62.9 Å². The highest BCUT2D eigenvalue weighted by Gasteiger charge is 2.31. The molecule has 148 valence electrons. The summed E-state index contributed by atoms with van der Waals surface area (Å²) in [6.45, 7) is 1.95. The van der Waals surface area contributed by atoms with E-state index < -0.39 is 10.0 Å². The van der Waals surface area contributed by atoms with Gasteiger partial charge in [-0.25, -0.2) is 8.42 Å². The molecule has 0 bridgehead atoms. The smallest absolute Gasteiger partial charge is 0.253 e. The standard InChI is InChI=1S/C19H19ClN2O5S/c20-15-3-1-14(2-4-15)19(23)21-7-9-22(10-8-21)28(24,25)16-5-6-17-18(13-16)27-12-11-26-17/h1-6,13H,7-12H2. The van der Waals surface area contributed by atoms with Gasteiger partial charge < -0.3 is 14.4 Å². The number of carbonyl (C=O) groups is 1. The molecule has 0 unspecified atom stereocenters. The minimum atomic E-state index is -3.67. The fourth-order valence-electron chi connectivity index (χ4n) is 3.24. The predicted molar refractivity (Wildman–Crippen MR) is 104 cm³/mol. The Hall–Kier alpha value is -2.29. The summed E-state index contributed by atoms with van der Waals surface area (Å²) in [5, 5.41) is 0.562. The molecule has 1 amide bonds. The van der Waals surface area contributed by atoms with Crippen LogP contribution in [-0.2, 0) is 10.0 Å². The third-order valence-electron chi connectivity index (χ3n) is 4.77. The lowest BCUT2D eigenvalue weighted by Gasteiger charge is -2.34. The normalized spacial score (nSPS) is 17.4. The van der Waals surface area contributed by atoms with Crippen LogP contribution in [0.5, 0.6) is 11.5 Å². The molecule has 0 saturated carbocycles. The van der Waals surface area contributed by atoms with Gasteiger partial charge in [-0.1, -0.05) is 11.6 Å². The second-order valence-corrected chi connectivity index (χ2v) is 8.88. The number of nitrogens with zero attached hydrogens (tertiary/aromatic N) is 2. The number of carbonyl (C=O) groups excluding carboxylic acids is 1. The van der Waals surface area contributed by atoms with Crippen LogP contribution in [0.1, 0.15) is 10.4 Å². The second-order valence-electron chi connectivity index (χ2n) is 6.51. The molecule has 0 radical (unpaired) electrons. The van der Waals surface area contributed by atoms with Gasteiger partial charge in [-0.3, -0.25) is 4.79 Å². The summed E-state index contributed by atoms with van der Waals surface area (Å²) in [6.07, 6.45) is 0. The van der Waals surface area contributed by atoms with E-state index in [1.54, 1.807) is 35.2 Å². The van der Waals surface area contributed by atoms with Crippen molar-refractivity contribution >= 4 is 27.5 Å². The highest BCUT2D eigenvalue weighted by Crippen LogP contribution is 2.33. The molecule has 0 atom stereocenters. The third kappa shape index (κ3) is 3.67. The van der Waals surface area contributed by atoms with Crippen molar-refractivity contribution in [1.29, 1.82) is 0 Å². The molecule has 1 saturated heterocycles. The van der Waals surface area contributed by atoms with Gasteiger partial charge in [-0.15, -0.1) is 0 Å². The summed E-state index contributed by atoms with van der Waals surface area (Å²) in [7, 11) is -3.67. The zero-order valence-corrected chi connectivity index (χ0v) is 16.6. The van der Waals surface area contributed by atoms with Crippen LogP contribution in [0, 0.1) is 0 Å². The zero-order valence-electron chi connectivity index (χ0n) is 15.0. The van der Waals surface area contributed by atoms with Crippen molar-refractivity contribution in [3.05, 3.63) is 53.1 Å². The largest absolute Gasteiger partial charge is 0.486 e. The Balaban J connectivity index is 1.45. The topological polar surface area (TPSA) is 76.2 Å². The van der Waals surface area contributed by atoms with E-state index in [9.17, 15) is 13.2 Å². The molecule has 0 spiro atoms. The molecule has 0 aromatic heterocycles. The quantitative estimate of drug-likeness (QED) is 0.758. The van der Waals surface area contributed by atoms with Crippen molar-refractivity contribution < 1.29 is 22.7 Å². The fourth-order valence-corrected chi connectivity index (χ4v) is 4.80. The lowest BCUT2D eigenvalue weighted by Crippen LogP contribution is -2.50. The molecule has 0 N–H and O–H groups in total. The number of piperazine rings is 1. The molecule has 0 aliphatic carbocycles. The Morgan fingerprint density at radius 1 is 0.893 bits per heavy atom. The first kappa shape index (κ1) is 19.0. The summed E-state index contributed by atoms with van der Waals surface area (Å²) >= 11 is 5.86. The van der Waals surface area contributed by atoms with Crippen molar-refractivity contribution in [3.8, 4) is 11.5 Å². The van der Waals surface area contributed by atoms with Crippen molar-refractivity contribution in [2.75, 3.05) is 39.4 Å². The van der Waals surface area contributed by atoms with Gasteiger partial charge in [0.1, 0.15) is 13.2 Å². The zero-order chi connectivity index (χ0) is 19.7. The van der Waals surface area contributed by atoms with Crippen molar-refractivity contribution in [3.63, 3.8) is 0 Å². The molecular weight excluding hydrogens is 404 g/mol. The molecule has 2 aromatic rings. The van der Waals surface area contributed by atoms with Crippen molar-refractivity contribution in [2.24, 2.45) is 0 Å². The van der Waals surface area contributed by atoms with Gasteiger partial charge in [-0.05, 0) is 36.4 Å². The Labute approximate surface area is 168 Å².